The van der Waals surface area contributed by atoms with Gasteiger partial charge in [-0.3, -0.25) is 0 Å². The summed E-state index contributed by atoms with van der Waals surface area (Å²) in [6.07, 6.45) is 0. The molecule has 0 fully saturated rings. The minimum Gasteiger partial charge on any atom is -0.309 e. The first-order chi connectivity index (χ1) is 29.6. The van der Waals surface area contributed by atoms with Crippen molar-refractivity contribution in [1.29, 1.82) is 0 Å². The lowest BCUT2D eigenvalue weighted by molar-refractivity contribution is 1.17. The van der Waals surface area contributed by atoms with Crippen molar-refractivity contribution < 1.29 is 0 Å². The fraction of sp³-hybridized carbons (Fsp3) is 0.0357. The number of aromatic nitrogens is 3. The van der Waals surface area contributed by atoms with Gasteiger partial charge < -0.3 is 4.57 Å². The number of nitrogens with zero attached hydrogens (tertiary/aromatic N) is 3. The Labute approximate surface area is 351 Å². The number of hydrogen-bond acceptors (Lipinski definition) is 3. The predicted octanol–water partition coefficient (Wildman–Crippen LogP) is 15.5. The number of rotatable bonds is 5. The van der Waals surface area contributed by atoms with Crippen LogP contribution in [0.5, 0.6) is 0 Å². The van der Waals surface area contributed by atoms with E-state index >= 15 is 0 Å². The Morgan fingerprint density at radius 2 is 1.00 bits per heavy atom. The SMILES string of the molecule is Cc1ccccc1-c1cc(-c2nc(-c3ccc(-n4c5ccc6ccccc6c5c5c6ccccc6ccc54)cc3)cc(-c3cccc4c3sc3ccccc34)n2)ccc1C. The topological polar surface area (TPSA) is 30.7 Å². The lowest BCUT2D eigenvalue weighted by Crippen LogP contribution is -1.98. The number of benzene rings is 9. The Morgan fingerprint density at radius 3 is 1.73 bits per heavy atom. The van der Waals surface area contributed by atoms with E-state index in [1.165, 1.54) is 85.8 Å². The maximum Gasteiger partial charge on any atom is 0.160 e. The molecule has 0 N–H and O–H groups in total. The van der Waals surface area contributed by atoms with Crippen LogP contribution in [0.3, 0.4) is 0 Å². The fourth-order valence-corrected chi connectivity index (χ4v) is 10.6. The van der Waals surface area contributed by atoms with Crippen LogP contribution < -0.4 is 0 Å². The predicted molar refractivity (Wildman–Crippen MR) is 255 cm³/mol. The van der Waals surface area contributed by atoms with Crippen molar-refractivity contribution in [1.82, 2.24) is 14.5 Å². The van der Waals surface area contributed by atoms with Gasteiger partial charge >= 0.3 is 0 Å². The monoisotopic (exact) mass is 783 g/mol. The molecule has 0 aliphatic heterocycles. The average molecular weight is 784 g/mol. The highest BCUT2D eigenvalue weighted by Gasteiger charge is 2.19. The van der Waals surface area contributed by atoms with Crippen molar-refractivity contribution in [2.45, 2.75) is 13.8 Å². The molecule has 0 spiro atoms. The van der Waals surface area contributed by atoms with Crippen LogP contribution in [0, 0.1) is 13.8 Å². The molecule has 0 saturated heterocycles. The molecule has 9 aromatic carbocycles. The van der Waals surface area contributed by atoms with Gasteiger partial charge in [0.25, 0.3) is 0 Å². The van der Waals surface area contributed by atoms with Crippen LogP contribution >= 0.6 is 11.3 Å². The molecule has 3 nitrogen and oxygen atoms in total. The van der Waals surface area contributed by atoms with Gasteiger partial charge in [-0.05, 0) is 100 Å². The normalized spacial score (nSPS) is 11.8. The molecular weight excluding hydrogens is 747 g/mol. The van der Waals surface area contributed by atoms with E-state index in [0.29, 0.717) is 5.82 Å². The molecule has 3 aromatic heterocycles. The summed E-state index contributed by atoms with van der Waals surface area (Å²) in [5.41, 5.74) is 13.3. The second-order valence-corrected chi connectivity index (χ2v) is 16.9. The zero-order valence-corrected chi connectivity index (χ0v) is 34.0. The molecule has 0 bridgehead atoms. The van der Waals surface area contributed by atoms with E-state index in [9.17, 15) is 0 Å². The maximum absolute atomic E-state index is 5.37. The summed E-state index contributed by atoms with van der Waals surface area (Å²) < 4.78 is 4.93. The van der Waals surface area contributed by atoms with Crippen LogP contribution in [0.25, 0.3) is 114 Å². The molecular formula is C56H37N3S. The largest absolute Gasteiger partial charge is 0.309 e. The lowest BCUT2D eigenvalue weighted by atomic mass is 9.94. The molecule has 4 heteroatoms. The first-order valence-corrected chi connectivity index (χ1v) is 21.3. The molecule has 0 atom stereocenters. The second kappa shape index (κ2) is 13.6. The molecule has 12 rings (SSSR count). The Balaban J connectivity index is 1.05. The van der Waals surface area contributed by atoms with Crippen molar-refractivity contribution in [3.05, 3.63) is 199 Å². The summed E-state index contributed by atoms with van der Waals surface area (Å²) in [6.45, 7) is 4.36. The molecule has 0 saturated carbocycles. The van der Waals surface area contributed by atoms with Gasteiger partial charge in [-0.2, -0.15) is 0 Å². The van der Waals surface area contributed by atoms with Gasteiger partial charge in [0.15, 0.2) is 5.82 Å². The quantitative estimate of drug-likeness (QED) is 0.174. The van der Waals surface area contributed by atoms with Crippen molar-refractivity contribution in [2.75, 3.05) is 0 Å². The van der Waals surface area contributed by atoms with Crippen LogP contribution in [0.4, 0.5) is 0 Å². The molecule has 282 valence electrons. The van der Waals surface area contributed by atoms with Gasteiger partial charge in [-0.25, -0.2) is 9.97 Å². The van der Waals surface area contributed by atoms with E-state index < -0.39 is 0 Å². The zero-order valence-electron chi connectivity index (χ0n) is 33.1. The first-order valence-electron chi connectivity index (χ1n) is 20.5. The smallest absolute Gasteiger partial charge is 0.160 e. The Morgan fingerprint density at radius 1 is 0.417 bits per heavy atom. The van der Waals surface area contributed by atoms with Gasteiger partial charge in [-0.1, -0.05) is 146 Å². The van der Waals surface area contributed by atoms with E-state index in [1.54, 1.807) is 0 Å². The van der Waals surface area contributed by atoms with Crippen LogP contribution in [-0.4, -0.2) is 14.5 Å². The average Bonchev–Trinajstić information content (AvgIpc) is 3.86. The van der Waals surface area contributed by atoms with Crippen molar-refractivity contribution in [3.8, 4) is 50.7 Å². The van der Waals surface area contributed by atoms with E-state index in [1.807, 2.05) is 11.3 Å². The van der Waals surface area contributed by atoms with E-state index in [0.717, 1.165) is 33.8 Å². The lowest BCUT2D eigenvalue weighted by Gasteiger charge is -2.14. The summed E-state index contributed by atoms with van der Waals surface area (Å²) in [5.74, 6) is 0.709. The number of thiophene rings is 1. The van der Waals surface area contributed by atoms with Gasteiger partial charge in [0, 0.05) is 53.3 Å². The van der Waals surface area contributed by atoms with Crippen molar-refractivity contribution >= 4 is 74.9 Å². The van der Waals surface area contributed by atoms with E-state index in [4.69, 9.17) is 9.97 Å². The van der Waals surface area contributed by atoms with Crippen LogP contribution in [0.2, 0.25) is 0 Å². The molecule has 3 heterocycles. The maximum atomic E-state index is 5.37. The fourth-order valence-electron chi connectivity index (χ4n) is 9.34. The van der Waals surface area contributed by atoms with Crippen LogP contribution in [0.15, 0.2) is 188 Å². The molecule has 12 aromatic rings. The molecule has 0 aliphatic rings. The van der Waals surface area contributed by atoms with E-state index in [2.05, 4.69) is 206 Å². The summed E-state index contributed by atoms with van der Waals surface area (Å²) in [4.78, 5) is 10.7. The molecule has 0 unspecified atom stereocenters. The van der Waals surface area contributed by atoms with Gasteiger partial charge in [0.1, 0.15) is 0 Å². The molecule has 0 aliphatic carbocycles. The minimum atomic E-state index is 0.709. The second-order valence-electron chi connectivity index (χ2n) is 15.8. The third-order valence-corrected chi connectivity index (χ3v) is 13.5. The third kappa shape index (κ3) is 5.42. The van der Waals surface area contributed by atoms with Crippen molar-refractivity contribution in [3.63, 3.8) is 0 Å². The highest BCUT2D eigenvalue weighted by molar-refractivity contribution is 7.26. The number of hydrogen-bond donors (Lipinski definition) is 0. The first kappa shape index (κ1) is 34.6. The van der Waals surface area contributed by atoms with Crippen LogP contribution in [0.1, 0.15) is 11.1 Å². The van der Waals surface area contributed by atoms with Crippen LogP contribution in [-0.2, 0) is 0 Å². The summed E-state index contributed by atoms with van der Waals surface area (Å²) in [6, 6.07) is 68.2. The zero-order chi connectivity index (χ0) is 39.9. The third-order valence-electron chi connectivity index (χ3n) is 12.3. The number of fused-ring (bicyclic) bond motifs is 10. The highest BCUT2D eigenvalue weighted by Crippen LogP contribution is 2.43. The Hall–Kier alpha value is -7.40. The summed E-state index contributed by atoms with van der Waals surface area (Å²) in [7, 11) is 0. The van der Waals surface area contributed by atoms with E-state index in [-0.39, 0.29) is 0 Å². The highest BCUT2D eigenvalue weighted by atomic mass is 32.1. The van der Waals surface area contributed by atoms with Gasteiger partial charge in [0.2, 0.25) is 0 Å². The van der Waals surface area contributed by atoms with Gasteiger partial charge in [-0.15, -0.1) is 11.3 Å². The minimum absolute atomic E-state index is 0.709. The molecule has 60 heavy (non-hydrogen) atoms. The van der Waals surface area contributed by atoms with Gasteiger partial charge in [0.05, 0.1) is 22.4 Å². The standard InChI is InChI=1S/C56H37N3S/c1-34-12-3-6-15-41(34)47-32-39(23-22-35(47)2)56-57-48(33-49(58-56)46-20-11-19-45-44-18-9-10-21-52(44)60-55(45)46)38-24-28-40(29-25-38)59-50-30-26-36-13-4-7-16-42(36)53(50)54-43-17-8-5-14-37(43)27-31-51(54)59/h3-33H,1-2H3. The Bertz CT molecular complexity index is 3590. The molecule has 0 amide bonds. The molecule has 0 radical (unpaired) electrons. The van der Waals surface area contributed by atoms with Crippen molar-refractivity contribution in [2.24, 2.45) is 0 Å². The number of aryl methyl sites for hydroxylation is 2. The summed E-state index contributed by atoms with van der Waals surface area (Å²) >= 11 is 1.83. The Kier molecular flexibility index (Phi) is 7.84. The summed E-state index contributed by atoms with van der Waals surface area (Å²) in [5, 5.41) is 10.1.